The topological polar surface area (TPSA) is 72.7 Å². The molecule has 0 atom stereocenters. The Morgan fingerprint density at radius 1 is 1.10 bits per heavy atom. The van der Waals surface area contributed by atoms with Crippen molar-refractivity contribution in [2.75, 3.05) is 26.1 Å². The molecule has 0 amide bonds. The maximum absolute atomic E-state index is 5.57. The highest BCUT2D eigenvalue weighted by atomic mass is 16.5. The molecular formula is C22H27N5O2. The van der Waals surface area contributed by atoms with Crippen LogP contribution in [0, 0.1) is 0 Å². The van der Waals surface area contributed by atoms with Crippen LogP contribution in [-0.4, -0.2) is 36.5 Å². The number of hydrogen-bond donors (Lipinski definition) is 2. The highest BCUT2D eigenvalue weighted by molar-refractivity contribution is 5.93. The molecule has 2 N–H and O–H groups in total. The number of ether oxygens (including phenoxy) is 2. The monoisotopic (exact) mass is 393 g/mol. The Morgan fingerprint density at radius 2 is 1.93 bits per heavy atom. The van der Waals surface area contributed by atoms with Crippen LogP contribution in [-0.2, 0) is 13.1 Å². The quantitative estimate of drug-likeness (QED) is 0.452. The number of nitrogens with zero attached hydrogens (tertiary/aromatic N) is 3. The molecule has 0 saturated heterocycles. The fourth-order valence-electron chi connectivity index (χ4n) is 2.97. The molecule has 0 aliphatic rings. The van der Waals surface area contributed by atoms with Gasteiger partial charge in [-0.3, -0.25) is 9.67 Å². The lowest BCUT2D eigenvalue weighted by atomic mass is 10.1. The van der Waals surface area contributed by atoms with Gasteiger partial charge in [-0.25, -0.2) is 0 Å². The molecule has 29 heavy (non-hydrogen) atoms. The fraction of sp³-hybridized carbons (Fsp3) is 0.273. The van der Waals surface area contributed by atoms with Crippen molar-refractivity contribution < 1.29 is 9.47 Å². The highest BCUT2D eigenvalue weighted by Crippen LogP contribution is 2.30. The molecule has 0 saturated carbocycles. The van der Waals surface area contributed by atoms with Crippen LogP contribution in [0.4, 0.5) is 5.69 Å². The average molecular weight is 393 g/mol. The zero-order chi connectivity index (χ0) is 20.5. The molecule has 1 aromatic heterocycles. The Balaban J connectivity index is 1.66. The third-order valence-electron chi connectivity index (χ3n) is 4.41. The van der Waals surface area contributed by atoms with Crippen molar-refractivity contribution in [3.8, 4) is 11.5 Å². The van der Waals surface area contributed by atoms with E-state index in [0.717, 1.165) is 18.0 Å². The lowest BCUT2D eigenvalue weighted by Crippen LogP contribution is -2.30. The molecule has 0 aliphatic heterocycles. The maximum Gasteiger partial charge on any atom is 0.195 e. The van der Waals surface area contributed by atoms with E-state index >= 15 is 0 Å². The lowest BCUT2D eigenvalue weighted by molar-refractivity contribution is 0.311. The Morgan fingerprint density at radius 3 is 2.62 bits per heavy atom. The Hall–Kier alpha value is -3.48. The Kier molecular flexibility index (Phi) is 7.10. The van der Waals surface area contributed by atoms with Crippen LogP contribution >= 0.6 is 0 Å². The van der Waals surface area contributed by atoms with Crippen LogP contribution in [0.3, 0.4) is 0 Å². The van der Waals surface area contributed by atoms with E-state index in [1.165, 1.54) is 11.1 Å². The van der Waals surface area contributed by atoms with Gasteiger partial charge in [0.05, 0.1) is 20.3 Å². The number of rotatable bonds is 8. The second kappa shape index (κ2) is 10.2. The van der Waals surface area contributed by atoms with Gasteiger partial charge in [0, 0.05) is 37.7 Å². The van der Waals surface area contributed by atoms with Gasteiger partial charge in [-0.1, -0.05) is 24.3 Å². The van der Waals surface area contributed by atoms with E-state index in [-0.39, 0.29) is 0 Å². The van der Waals surface area contributed by atoms with Gasteiger partial charge >= 0.3 is 0 Å². The van der Waals surface area contributed by atoms with Gasteiger partial charge in [0.15, 0.2) is 17.5 Å². The minimum Gasteiger partial charge on any atom is -0.493 e. The van der Waals surface area contributed by atoms with Gasteiger partial charge < -0.3 is 20.1 Å². The average Bonchev–Trinajstić information content (AvgIpc) is 3.26. The SMILES string of the molecule is CCOc1ccc(NC(=NC)NCc2ccccc2Cn2cccn2)cc1OC. The molecule has 0 radical (unpaired) electrons. The molecule has 0 fully saturated rings. The molecule has 2 aromatic carbocycles. The molecule has 0 bridgehead atoms. The standard InChI is InChI=1S/C22H27N5O2/c1-4-29-20-11-10-19(14-21(20)28-3)26-22(23-2)24-15-17-8-5-6-9-18(17)16-27-13-7-12-25-27/h5-14H,4,15-16H2,1-3H3,(H2,23,24,26). The summed E-state index contributed by atoms with van der Waals surface area (Å²) in [5, 5.41) is 11.0. The first-order chi connectivity index (χ1) is 14.2. The number of nitrogens with one attached hydrogen (secondary N) is 2. The summed E-state index contributed by atoms with van der Waals surface area (Å²) in [4.78, 5) is 4.32. The van der Waals surface area contributed by atoms with Crippen molar-refractivity contribution in [3.05, 3.63) is 72.1 Å². The van der Waals surface area contributed by atoms with E-state index in [1.54, 1.807) is 20.4 Å². The van der Waals surface area contributed by atoms with Crippen LogP contribution in [0.5, 0.6) is 11.5 Å². The van der Waals surface area contributed by atoms with Crippen LogP contribution < -0.4 is 20.1 Å². The molecule has 7 nitrogen and oxygen atoms in total. The zero-order valence-corrected chi connectivity index (χ0v) is 17.1. The summed E-state index contributed by atoms with van der Waals surface area (Å²) in [5.74, 6) is 2.07. The molecular weight excluding hydrogens is 366 g/mol. The summed E-state index contributed by atoms with van der Waals surface area (Å²) >= 11 is 0. The van der Waals surface area contributed by atoms with Gasteiger partial charge in [0.25, 0.3) is 0 Å². The first-order valence-electron chi connectivity index (χ1n) is 9.56. The minimum absolute atomic E-state index is 0.588. The highest BCUT2D eigenvalue weighted by Gasteiger charge is 2.08. The van der Waals surface area contributed by atoms with Gasteiger partial charge in [-0.15, -0.1) is 0 Å². The largest absolute Gasteiger partial charge is 0.493 e. The van der Waals surface area contributed by atoms with Crippen LogP contribution in [0.25, 0.3) is 0 Å². The Labute approximate surface area is 171 Å². The second-order valence-corrected chi connectivity index (χ2v) is 6.32. The van der Waals surface area contributed by atoms with E-state index in [2.05, 4.69) is 32.9 Å². The fourth-order valence-corrected chi connectivity index (χ4v) is 2.97. The number of methoxy groups -OCH3 is 1. The predicted octanol–water partition coefficient (Wildman–Crippen LogP) is 3.53. The molecule has 0 spiro atoms. The van der Waals surface area contributed by atoms with Gasteiger partial charge in [0.2, 0.25) is 0 Å². The van der Waals surface area contributed by atoms with Crippen LogP contribution in [0.1, 0.15) is 18.1 Å². The van der Waals surface area contributed by atoms with E-state index in [0.29, 0.717) is 24.9 Å². The number of hydrogen-bond acceptors (Lipinski definition) is 4. The lowest BCUT2D eigenvalue weighted by Gasteiger charge is -2.16. The molecule has 3 aromatic rings. The molecule has 0 aliphatic carbocycles. The first-order valence-corrected chi connectivity index (χ1v) is 9.56. The van der Waals surface area contributed by atoms with Crippen molar-refractivity contribution >= 4 is 11.6 Å². The van der Waals surface area contributed by atoms with Crippen molar-refractivity contribution in [3.63, 3.8) is 0 Å². The third-order valence-corrected chi connectivity index (χ3v) is 4.41. The van der Waals surface area contributed by atoms with E-state index in [4.69, 9.17) is 9.47 Å². The third kappa shape index (κ3) is 5.51. The number of aliphatic imine (C=N–C) groups is 1. The number of anilines is 1. The molecule has 7 heteroatoms. The van der Waals surface area contributed by atoms with Crippen molar-refractivity contribution in [2.24, 2.45) is 4.99 Å². The van der Waals surface area contributed by atoms with Crippen LogP contribution in [0.15, 0.2) is 65.9 Å². The summed E-state index contributed by atoms with van der Waals surface area (Å²) in [7, 11) is 3.38. The second-order valence-electron chi connectivity index (χ2n) is 6.32. The normalized spacial score (nSPS) is 11.2. The smallest absolute Gasteiger partial charge is 0.195 e. The zero-order valence-electron chi connectivity index (χ0n) is 17.1. The van der Waals surface area contributed by atoms with E-state index in [1.807, 2.05) is 54.2 Å². The molecule has 0 unspecified atom stereocenters. The Bertz CT molecular complexity index is 938. The maximum atomic E-state index is 5.57. The van der Waals surface area contributed by atoms with Crippen LogP contribution in [0.2, 0.25) is 0 Å². The number of aromatic nitrogens is 2. The number of benzene rings is 2. The summed E-state index contributed by atoms with van der Waals surface area (Å²) in [6.07, 6.45) is 3.75. The molecule has 1 heterocycles. The van der Waals surface area contributed by atoms with E-state index < -0.39 is 0 Å². The molecule has 152 valence electrons. The van der Waals surface area contributed by atoms with Gasteiger partial charge in [0.1, 0.15) is 0 Å². The van der Waals surface area contributed by atoms with E-state index in [9.17, 15) is 0 Å². The first kappa shape index (κ1) is 20.3. The van der Waals surface area contributed by atoms with Crippen molar-refractivity contribution in [1.29, 1.82) is 0 Å². The van der Waals surface area contributed by atoms with Crippen molar-refractivity contribution in [1.82, 2.24) is 15.1 Å². The van der Waals surface area contributed by atoms with Gasteiger partial charge in [-0.2, -0.15) is 5.10 Å². The minimum atomic E-state index is 0.588. The molecule has 3 rings (SSSR count). The van der Waals surface area contributed by atoms with Gasteiger partial charge in [-0.05, 0) is 36.2 Å². The summed E-state index contributed by atoms with van der Waals surface area (Å²) in [6, 6.07) is 16.0. The summed E-state index contributed by atoms with van der Waals surface area (Å²) < 4.78 is 12.9. The predicted molar refractivity (Wildman–Crippen MR) is 116 cm³/mol. The number of guanidine groups is 1. The summed E-state index contributed by atoms with van der Waals surface area (Å²) in [5.41, 5.74) is 3.26. The van der Waals surface area contributed by atoms with Crippen molar-refractivity contribution in [2.45, 2.75) is 20.0 Å². The summed E-state index contributed by atoms with van der Waals surface area (Å²) in [6.45, 7) is 3.91.